The number of ether oxygens (including phenoxy) is 1. The summed E-state index contributed by atoms with van der Waals surface area (Å²) in [4.78, 5) is 0. The third kappa shape index (κ3) is 2.14. The van der Waals surface area contributed by atoms with Crippen LogP contribution in [0.2, 0.25) is 0 Å². The molecule has 0 bridgehead atoms. The highest BCUT2D eigenvalue weighted by molar-refractivity contribution is 5.28. The maximum Gasteiger partial charge on any atom is 0.114 e. The second-order valence-corrected chi connectivity index (χ2v) is 3.97. The molecule has 3 heteroatoms. The van der Waals surface area contributed by atoms with Gasteiger partial charge in [0.2, 0.25) is 0 Å². The second kappa shape index (κ2) is 5.21. The highest BCUT2D eigenvalue weighted by atomic mass is 16.5. The van der Waals surface area contributed by atoms with Crippen molar-refractivity contribution in [3.63, 3.8) is 0 Å². The van der Waals surface area contributed by atoms with Crippen LogP contribution in [0.5, 0.6) is 0 Å². The zero-order chi connectivity index (χ0) is 11.4. The molecule has 1 N–H and O–H groups in total. The maximum atomic E-state index is 5.71. The first-order chi connectivity index (χ1) is 7.86. The number of hydrogen-bond donors (Lipinski definition) is 1. The van der Waals surface area contributed by atoms with Crippen molar-refractivity contribution in [1.29, 1.82) is 0 Å². The van der Waals surface area contributed by atoms with E-state index in [2.05, 4.69) is 18.3 Å². The third-order valence-corrected chi connectivity index (χ3v) is 2.95. The first-order valence-corrected chi connectivity index (χ1v) is 5.93. The lowest BCUT2D eigenvalue weighted by Gasteiger charge is -2.23. The minimum Gasteiger partial charge on any atom is -0.496 e. The molecule has 0 aliphatic carbocycles. The number of nitrogens with one attached hydrogen (secondary N) is 1. The molecule has 0 radical (unpaired) electrons. The molecule has 16 heavy (non-hydrogen) atoms. The topological polar surface area (TPSA) is 34.4 Å². The summed E-state index contributed by atoms with van der Waals surface area (Å²) in [5, 5.41) is 3.30. The smallest absolute Gasteiger partial charge is 0.114 e. The fraction of sp³-hybridized carbons (Fsp3) is 0.538. The number of hydrogen-bond acceptors (Lipinski definition) is 3. The van der Waals surface area contributed by atoms with Crippen LogP contribution in [0.3, 0.4) is 0 Å². The number of aryl methyl sites for hydroxylation is 1. The number of allylic oxidation sites excluding steroid dienone is 1. The summed E-state index contributed by atoms with van der Waals surface area (Å²) in [5.74, 6) is 2.07. The van der Waals surface area contributed by atoms with E-state index >= 15 is 0 Å². The van der Waals surface area contributed by atoms with Gasteiger partial charge in [-0.2, -0.15) is 0 Å². The molecule has 0 fully saturated rings. The van der Waals surface area contributed by atoms with Gasteiger partial charge in [-0.1, -0.05) is 6.92 Å². The van der Waals surface area contributed by atoms with E-state index in [1.54, 1.807) is 6.26 Å². The van der Waals surface area contributed by atoms with Gasteiger partial charge in [0, 0.05) is 12.0 Å². The van der Waals surface area contributed by atoms with Gasteiger partial charge in [0.15, 0.2) is 0 Å². The average Bonchev–Trinajstić information content (AvgIpc) is 2.80. The van der Waals surface area contributed by atoms with Crippen LogP contribution in [0.25, 0.3) is 0 Å². The normalized spacial score (nSPS) is 17.8. The Labute approximate surface area is 96.5 Å². The van der Waals surface area contributed by atoms with Crippen LogP contribution >= 0.6 is 0 Å². The van der Waals surface area contributed by atoms with Crippen LogP contribution in [0.4, 0.5) is 0 Å². The van der Waals surface area contributed by atoms with Crippen molar-refractivity contribution in [3.8, 4) is 0 Å². The van der Waals surface area contributed by atoms with Crippen molar-refractivity contribution in [2.24, 2.45) is 0 Å². The summed E-state index contributed by atoms with van der Waals surface area (Å²) >= 11 is 0. The molecule has 1 atom stereocenters. The molecular formula is C13H19NO2. The summed E-state index contributed by atoms with van der Waals surface area (Å²) in [6, 6.07) is 2.16. The zero-order valence-corrected chi connectivity index (χ0v) is 9.95. The van der Waals surface area contributed by atoms with Gasteiger partial charge < -0.3 is 14.5 Å². The molecule has 0 saturated carbocycles. The van der Waals surface area contributed by atoms with Crippen molar-refractivity contribution in [2.75, 3.05) is 13.7 Å². The van der Waals surface area contributed by atoms with E-state index in [4.69, 9.17) is 9.15 Å². The Morgan fingerprint density at radius 3 is 3.00 bits per heavy atom. The van der Waals surface area contributed by atoms with Crippen molar-refractivity contribution < 1.29 is 9.15 Å². The van der Waals surface area contributed by atoms with Crippen LogP contribution < -0.4 is 5.32 Å². The predicted molar refractivity (Wildman–Crippen MR) is 63.2 cm³/mol. The highest BCUT2D eigenvalue weighted by Crippen LogP contribution is 2.29. The maximum absolute atomic E-state index is 5.71. The van der Waals surface area contributed by atoms with E-state index in [1.807, 2.05) is 13.1 Å². The Kier molecular flexibility index (Phi) is 3.67. The van der Waals surface area contributed by atoms with Crippen molar-refractivity contribution in [3.05, 3.63) is 35.5 Å². The fourth-order valence-electron chi connectivity index (χ4n) is 2.12. The predicted octanol–water partition coefficient (Wildman–Crippen LogP) is 2.80. The molecule has 1 aliphatic rings. The van der Waals surface area contributed by atoms with E-state index in [9.17, 15) is 0 Å². The lowest BCUT2D eigenvalue weighted by molar-refractivity contribution is 0.169. The largest absolute Gasteiger partial charge is 0.496 e. The van der Waals surface area contributed by atoms with E-state index in [0.29, 0.717) is 0 Å². The molecule has 1 aliphatic heterocycles. The fourth-order valence-corrected chi connectivity index (χ4v) is 2.12. The van der Waals surface area contributed by atoms with Gasteiger partial charge in [-0.05, 0) is 32.0 Å². The summed E-state index contributed by atoms with van der Waals surface area (Å²) < 4.78 is 11.2. The Balaban J connectivity index is 2.24. The molecule has 1 aromatic rings. The summed E-state index contributed by atoms with van der Waals surface area (Å²) in [7, 11) is 1.95. The number of likely N-dealkylation sites (N-methyl/N-ethyl adjacent to an activating group) is 1. The zero-order valence-electron chi connectivity index (χ0n) is 9.95. The first-order valence-electron chi connectivity index (χ1n) is 5.93. The molecule has 3 nitrogen and oxygen atoms in total. The van der Waals surface area contributed by atoms with Crippen LogP contribution in [0.15, 0.2) is 28.6 Å². The Bertz CT molecular complexity index is 368. The van der Waals surface area contributed by atoms with Gasteiger partial charge in [0.05, 0.1) is 18.9 Å². The lowest BCUT2D eigenvalue weighted by atomic mass is 10.0. The number of rotatable bonds is 4. The van der Waals surface area contributed by atoms with Gasteiger partial charge in [0.25, 0.3) is 0 Å². The second-order valence-electron chi connectivity index (χ2n) is 3.97. The molecule has 0 amide bonds. The monoisotopic (exact) mass is 221 g/mol. The van der Waals surface area contributed by atoms with Crippen molar-refractivity contribution in [1.82, 2.24) is 5.32 Å². The Morgan fingerprint density at radius 1 is 1.50 bits per heavy atom. The van der Waals surface area contributed by atoms with Gasteiger partial charge >= 0.3 is 0 Å². The minimum atomic E-state index is 0.133. The van der Waals surface area contributed by atoms with E-state index in [-0.39, 0.29) is 6.04 Å². The van der Waals surface area contributed by atoms with Crippen LogP contribution in [0.1, 0.15) is 37.1 Å². The molecule has 0 saturated heterocycles. The summed E-state index contributed by atoms with van der Waals surface area (Å²) in [6.45, 7) is 2.93. The molecule has 1 unspecified atom stereocenters. The van der Waals surface area contributed by atoms with Crippen LogP contribution in [0, 0.1) is 0 Å². The number of furan rings is 1. The van der Waals surface area contributed by atoms with Gasteiger partial charge in [-0.15, -0.1) is 0 Å². The van der Waals surface area contributed by atoms with Gasteiger partial charge in [-0.3, -0.25) is 0 Å². The lowest BCUT2D eigenvalue weighted by Crippen LogP contribution is -2.22. The van der Waals surface area contributed by atoms with E-state index in [1.165, 1.54) is 5.56 Å². The van der Waals surface area contributed by atoms with Crippen LogP contribution in [-0.4, -0.2) is 13.7 Å². The molecule has 88 valence electrons. The quantitative estimate of drug-likeness (QED) is 0.849. The summed E-state index contributed by atoms with van der Waals surface area (Å²) in [5.41, 5.74) is 1.19. The first kappa shape index (κ1) is 11.3. The average molecular weight is 221 g/mol. The Morgan fingerprint density at radius 2 is 2.38 bits per heavy atom. The van der Waals surface area contributed by atoms with Crippen molar-refractivity contribution >= 4 is 0 Å². The van der Waals surface area contributed by atoms with Gasteiger partial charge in [0.1, 0.15) is 11.5 Å². The molecule has 0 spiro atoms. The third-order valence-electron chi connectivity index (χ3n) is 2.95. The molecular weight excluding hydrogens is 202 g/mol. The van der Waals surface area contributed by atoms with E-state index < -0.39 is 0 Å². The molecule has 0 aromatic carbocycles. The molecule has 2 heterocycles. The Hall–Kier alpha value is -1.22. The molecule has 1 aromatic heterocycles. The van der Waals surface area contributed by atoms with Crippen molar-refractivity contribution in [2.45, 2.75) is 32.2 Å². The molecule has 2 rings (SSSR count). The van der Waals surface area contributed by atoms with Gasteiger partial charge in [-0.25, -0.2) is 0 Å². The summed E-state index contributed by atoms with van der Waals surface area (Å²) in [6.07, 6.45) is 7.06. The highest BCUT2D eigenvalue weighted by Gasteiger charge is 2.21. The van der Waals surface area contributed by atoms with Crippen LogP contribution in [-0.2, 0) is 11.2 Å². The minimum absolute atomic E-state index is 0.133. The standard InChI is InChI=1S/C13H19NO2/c1-3-11-10(7-9-16-11)13(14-2)12-6-4-5-8-15-12/h6-7,9,13-14H,3-5,8H2,1-2H3. The van der Waals surface area contributed by atoms with E-state index in [0.717, 1.165) is 37.4 Å². The SMILES string of the molecule is CCc1occc1C(NC)C1=CCCCO1.